The van der Waals surface area contributed by atoms with Gasteiger partial charge < -0.3 is 9.64 Å². The zero-order chi connectivity index (χ0) is 20.2. The molecule has 1 saturated heterocycles. The van der Waals surface area contributed by atoms with Crippen LogP contribution < -0.4 is 4.74 Å². The number of aromatic amines is 1. The van der Waals surface area contributed by atoms with Gasteiger partial charge in [-0.15, -0.1) is 11.3 Å². The van der Waals surface area contributed by atoms with E-state index in [9.17, 15) is 4.79 Å². The number of nitrogens with one attached hydrogen (secondary N) is 1. The smallest absolute Gasteiger partial charge is 0.224 e. The average Bonchev–Trinajstić information content (AvgIpc) is 3.48. The van der Waals surface area contributed by atoms with E-state index in [1.165, 1.54) is 4.88 Å². The number of nitrogens with zero attached hydrogens (tertiary/aromatic N) is 3. The Labute approximate surface area is 179 Å². The third-order valence-corrected chi connectivity index (χ3v) is 6.46. The molecule has 3 aromatic rings. The highest BCUT2D eigenvalue weighted by atomic mass is 32.1. The first kappa shape index (κ1) is 19.8. The van der Waals surface area contributed by atoms with Crippen molar-refractivity contribution in [2.45, 2.75) is 38.8 Å². The maximum atomic E-state index is 13.0. The molecule has 2 aromatic heterocycles. The molecule has 1 unspecified atom stereocenters. The number of hydrogen-bond donors (Lipinski definition) is 1. The molecule has 1 aliphatic rings. The average molecular weight is 429 g/mol. The van der Waals surface area contributed by atoms with E-state index in [2.05, 4.69) is 27.7 Å². The van der Waals surface area contributed by atoms with Gasteiger partial charge in [0.1, 0.15) is 5.75 Å². The first-order valence-corrected chi connectivity index (χ1v) is 11.2. The topological polar surface area (TPSA) is 63.1 Å². The molecule has 1 amide bonds. The second kappa shape index (κ2) is 8.92. The molecule has 1 fully saturated rings. The highest BCUT2D eigenvalue weighted by molar-refractivity contribution is 7.71. The monoisotopic (exact) mass is 428 g/mol. The van der Waals surface area contributed by atoms with Gasteiger partial charge in [-0.1, -0.05) is 6.07 Å². The summed E-state index contributed by atoms with van der Waals surface area (Å²) in [7, 11) is 0. The Morgan fingerprint density at radius 1 is 1.34 bits per heavy atom. The Morgan fingerprint density at radius 3 is 2.90 bits per heavy atom. The zero-order valence-electron chi connectivity index (χ0n) is 16.3. The van der Waals surface area contributed by atoms with Crippen molar-refractivity contribution in [3.05, 3.63) is 51.4 Å². The molecule has 1 aliphatic heterocycles. The summed E-state index contributed by atoms with van der Waals surface area (Å²) >= 11 is 7.14. The molecule has 4 rings (SSSR count). The minimum absolute atomic E-state index is 0.168. The van der Waals surface area contributed by atoms with Crippen molar-refractivity contribution in [2.75, 3.05) is 13.2 Å². The fourth-order valence-corrected chi connectivity index (χ4v) is 4.90. The Hall–Kier alpha value is -2.45. The summed E-state index contributed by atoms with van der Waals surface area (Å²) in [4.78, 5) is 16.2. The van der Waals surface area contributed by atoms with E-state index in [0.29, 0.717) is 24.3 Å². The lowest BCUT2D eigenvalue weighted by molar-refractivity contribution is -0.132. The van der Waals surface area contributed by atoms with Crippen LogP contribution in [0.1, 0.15) is 37.1 Å². The Morgan fingerprint density at radius 2 is 2.17 bits per heavy atom. The van der Waals surface area contributed by atoms with E-state index in [-0.39, 0.29) is 11.9 Å². The third kappa shape index (κ3) is 4.28. The van der Waals surface area contributed by atoms with Gasteiger partial charge >= 0.3 is 0 Å². The fourth-order valence-electron chi connectivity index (χ4n) is 3.81. The third-order valence-electron chi connectivity index (χ3n) is 5.18. The van der Waals surface area contributed by atoms with Crippen LogP contribution in [0, 0.1) is 4.77 Å². The van der Waals surface area contributed by atoms with Gasteiger partial charge in [-0.25, -0.2) is 0 Å². The summed E-state index contributed by atoms with van der Waals surface area (Å²) in [5.41, 5.74) is 0.936. The molecule has 0 saturated carbocycles. The molecule has 0 aliphatic carbocycles. The van der Waals surface area contributed by atoms with E-state index in [4.69, 9.17) is 17.0 Å². The largest absolute Gasteiger partial charge is 0.494 e. The summed E-state index contributed by atoms with van der Waals surface area (Å²) < 4.78 is 7.93. The molecule has 1 aromatic carbocycles. The van der Waals surface area contributed by atoms with Gasteiger partial charge in [0.2, 0.25) is 5.91 Å². The lowest BCUT2D eigenvalue weighted by atomic mass is 10.2. The van der Waals surface area contributed by atoms with E-state index >= 15 is 0 Å². The van der Waals surface area contributed by atoms with Crippen LogP contribution in [-0.2, 0) is 11.3 Å². The van der Waals surface area contributed by atoms with Gasteiger partial charge in [-0.3, -0.25) is 14.5 Å². The molecule has 0 bridgehead atoms. The summed E-state index contributed by atoms with van der Waals surface area (Å²) in [6.07, 6.45) is 2.49. The molecule has 0 spiro atoms. The van der Waals surface area contributed by atoms with Crippen LogP contribution in [0.5, 0.6) is 5.75 Å². The number of hydrogen-bond acceptors (Lipinski definition) is 5. The lowest BCUT2D eigenvalue weighted by Crippen LogP contribution is -2.30. The Balaban J connectivity index is 1.47. The number of likely N-dealkylation sites (tertiary alicyclic amines) is 1. The number of H-pyrrole nitrogens is 1. The second-order valence-corrected chi connectivity index (χ2v) is 8.34. The predicted octanol–water partition coefficient (Wildman–Crippen LogP) is 4.82. The van der Waals surface area contributed by atoms with E-state index in [1.807, 2.05) is 40.7 Å². The molecule has 3 heterocycles. The van der Waals surface area contributed by atoms with Crippen LogP contribution in [0.4, 0.5) is 0 Å². The SMILES string of the molecule is CCOc1ccc(-c2n[nH]c(=S)n2CCC(=O)N2CCCC2c2cccs2)cc1. The minimum Gasteiger partial charge on any atom is -0.494 e. The second-order valence-electron chi connectivity index (χ2n) is 6.97. The number of benzene rings is 1. The molecule has 0 radical (unpaired) electrons. The molecule has 8 heteroatoms. The zero-order valence-corrected chi connectivity index (χ0v) is 18.0. The van der Waals surface area contributed by atoms with Gasteiger partial charge in [0, 0.05) is 30.0 Å². The summed E-state index contributed by atoms with van der Waals surface area (Å²) in [6, 6.07) is 12.1. The molecular weight excluding hydrogens is 404 g/mol. The van der Waals surface area contributed by atoms with Crippen LogP contribution in [0.2, 0.25) is 0 Å². The van der Waals surface area contributed by atoms with Crippen molar-refractivity contribution in [3.8, 4) is 17.1 Å². The summed E-state index contributed by atoms with van der Waals surface area (Å²) in [5.74, 6) is 1.73. The van der Waals surface area contributed by atoms with E-state index in [1.54, 1.807) is 11.3 Å². The number of rotatable bonds is 7. The van der Waals surface area contributed by atoms with Crippen LogP contribution in [0.15, 0.2) is 41.8 Å². The number of aromatic nitrogens is 3. The van der Waals surface area contributed by atoms with Crippen molar-refractivity contribution >= 4 is 29.5 Å². The highest BCUT2D eigenvalue weighted by Crippen LogP contribution is 2.35. The summed E-state index contributed by atoms with van der Waals surface area (Å²) in [5, 5.41) is 9.31. The lowest BCUT2D eigenvalue weighted by Gasteiger charge is -2.24. The standard InChI is InChI=1S/C21H24N4O2S2/c1-2-27-16-9-7-15(8-10-16)20-22-23-21(28)25(20)13-11-19(26)24-12-3-5-17(24)18-6-4-14-29-18/h4,6-10,14,17H,2-3,5,11-13H2,1H3,(H,23,28). The van der Waals surface area contributed by atoms with Crippen LogP contribution in [-0.4, -0.2) is 38.7 Å². The fraction of sp³-hybridized carbons (Fsp3) is 0.381. The number of carbonyl (C=O) groups excluding carboxylic acids is 1. The van der Waals surface area contributed by atoms with Crippen molar-refractivity contribution in [1.29, 1.82) is 0 Å². The number of ether oxygens (including phenoxy) is 1. The van der Waals surface area contributed by atoms with Crippen LogP contribution in [0.3, 0.4) is 0 Å². The van der Waals surface area contributed by atoms with Gasteiger partial charge in [0.15, 0.2) is 10.6 Å². The number of thiophene rings is 1. The normalized spacial score (nSPS) is 16.3. The van der Waals surface area contributed by atoms with Crippen LogP contribution in [0.25, 0.3) is 11.4 Å². The van der Waals surface area contributed by atoms with E-state index < -0.39 is 0 Å². The van der Waals surface area contributed by atoms with Crippen molar-refractivity contribution in [2.24, 2.45) is 0 Å². The maximum absolute atomic E-state index is 13.0. The number of carbonyl (C=O) groups is 1. The highest BCUT2D eigenvalue weighted by Gasteiger charge is 2.30. The van der Waals surface area contributed by atoms with Gasteiger partial charge in [0.25, 0.3) is 0 Å². The Bertz CT molecular complexity index is 1010. The quantitative estimate of drug-likeness (QED) is 0.548. The first-order chi connectivity index (χ1) is 14.2. The predicted molar refractivity (Wildman–Crippen MR) is 117 cm³/mol. The maximum Gasteiger partial charge on any atom is 0.224 e. The van der Waals surface area contributed by atoms with E-state index in [0.717, 1.165) is 36.5 Å². The van der Waals surface area contributed by atoms with Crippen molar-refractivity contribution in [1.82, 2.24) is 19.7 Å². The molecule has 152 valence electrons. The molecule has 1 N–H and O–H groups in total. The first-order valence-electron chi connectivity index (χ1n) is 9.88. The van der Waals surface area contributed by atoms with Gasteiger partial charge in [-0.2, -0.15) is 5.10 Å². The molecule has 1 atom stereocenters. The van der Waals surface area contributed by atoms with Crippen LogP contribution >= 0.6 is 23.6 Å². The van der Waals surface area contributed by atoms with Gasteiger partial charge in [0.05, 0.1) is 12.6 Å². The summed E-state index contributed by atoms with van der Waals surface area (Å²) in [6.45, 7) is 3.91. The molecule has 6 nitrogen and oxygen atoms in total. The van der Waals surface area contributed by atoms with Crippen molar-refractivity contribution in [3.63, 3.8) is 0 Å². The van der Waals surface area contributed by atoms with Crippen molar-refractivity contribution < 1.29 is 9.53 Å². The minimum atomic E-state index is 0.168. The molecule has 29 heavy (non-hydrogen) atoms. The van der Waals surface area contributed by atoms with Gasteiger partial charge in [-0.05, 0) is 67.7 Å². The Kier molecular flexibility index (Phi) is 6.10. The molecular formula is C21H24N4O2S2. The number of amides is 1.